The normalized spacial score (nSPS) is 12.2. The Morgan fingerprint density at radius 1 is 1.16 bits per heavy atom. The van der Waals surface area contributed by atoms with Crippen molar-refractivity contribution in [2.45, 2.75) is 12.3 Å². The number of rotatable bonds is 5. The van der Waals surface area contributed by atoms with Gasteiger partial charge in [-0.1, -0.05) is 53.5 Å². The molecule has 3 rings (SSSR count). The lowest BCUT2D eigenvalue weighted by Crippen LogP contribution is -2.24. The summed E-state index contributed by atoms with van der Waals surface area (Å²) in [7, 11) is 0. The first-order valence-electron chi connectivity index (χ1n) is 7.45. The number of amides is 1. The van der Waals surface area contributed by atoms with Crippen LogP contribution in [0.3, 0.4) is 0 Å². The van der Waals surface area contributed by atoms with E-state index in [-0.39, 0.29) is 12.1 Å². The maximum atomic E-state index is 12.0. The molecule has 4 N–H and O–H groups in total. The number of carboxylic acids is 1. The molecule has 0 radical (unpaired) electrons. The van der Waals surface area contributed by atoms with Crippen molar-refractivity contribution in [3.05, 3.63) is 69.3 Å². The molecule has 3 aromatic rings. The smallest absolute Gasteiger partial charge is 0.352 e. The highest BCUT2D eigenvalue weighted by Gasteiger charge is 2.26. The molecule has 128 valence electrons. The Kier molecular flexibility index (Phi) is 4.70. The Hall–Kier alpha value is -2.50. The third-order valence-electron chi connectivity index (χ3n) is 4.09. The zero-order valence-electron chi connectivity index (χ0n) is 12.9. The van der Waals surface area contributed by atoms with Crippen molar-refractivity contribution in [3.8, 4) is 0 Å². The number of carbonyl (C=O) groups is 2. The van der Waals surface area contributed by atoms with Gasteiger partial charge in [-0.3, -0.25) is 4.79 Å². The van der Waals surface area contributed by atoms with Gasteiger partial charge in [0.15, 0.2) is 0 Å². The summed E-state index contributed by atoms with van der Waals surface area (Å²) in [4.78, 5) is 26.5. The van der Waals surface area contributed by atoms with Crippen molar-refractivity contribution in [3.63, 3.8) is 0 Å². The Balaban J connectivity index is 2.18. The lowest BCUT2D eigenvalue weighted by atomic mass is 9.90. The average Bonchev–Trinajstić information content (AvgIpc) is 2.91. The first-order valence-corrected chi connectivity index (χ1v) is 8.21. The monoisotopic (exact) mass is 376 g/mol. The van der Waals surface area contributed by atoms with E-state index < -0.39 is 17.8 Å². The van der Waals surface area contributed by atoms with Crippen LogP contribution in [-0.4, -0.2) is 22.0 Å². The number of halogens is 2. The zero-order chi connectivity index (χ0) is 18.1. The van der Waals surface area contributed by atoms with Crippen molar-refractivity contribution >= 4 is 46.0 Å². The molecule has 1 heterocycles. The quantitative estimate of drug-likeness (QED) is 0.627. The molecular formula is C18H14Cl2N2O3. The van der Waals surface area contributed by atoms with Crippen LogP contribution in [0, 0.1) is 0 Å². The summed E-state index contributed by atoms with van der Waals surface area (Å²) in [6, 6.07) is 12.1. The predicted molar refractivity (Wildman–Crippen MR) is 97.4 cm³/mol. The number of hydrogen-bond acceptors (Lipinski definition) is 2. The maximum Gasteiger partial charge on any atom is 0.352 e. The van der Waals surface area contributed by atoms with Crippen LogP contribution in [0.2, 0.25) is 10.0 Å². The minimum absolute atomic E-state index is 0.0265. The number of aromatic nitrogens is 1. The molecule has 7 heteroatoms. The lowest BCUT2D eigenvalue weighted by molar-refractivity contribution is -0.119. The molecule has 2 aromatic carbocycles. The molecule has 0 spiro atoms. The van der Waals surface area contributed by atoms with Crippen LogP contribution in [-0.2, 0) is 11.2 Å². The summed E-state index contributed by atoms with van der Waals surface area (Å²) in [6.07, 6.45) is 0.113. The van der Waals surface area contributed by atoms with Gasteiger partial charge in [0, 0.05) is 15.9 Å². The van der Waals surface area contributed by atoms with Gasteiger partial charge in [0.05, 0.1) is 10.9 Å². The van der Waals surface area contributed by atoms with Crippen molar-refractivity contribution < 1.29 is 14.7 Å². The molecule has 1 unspecified atom stereocenters. The number of aromatic amines is 1. The highest BCUT2D eigenvalue weighted by molar-refractivity contribution is 6.39. The molecular weight excluding hydrogens is 363 g/mol. The first kappa shape index (κ1) is 17.3. The van der Waals surface area contributed by atoms with E-state index in [1.54, 1.807) is 30.3 Å². The van der Waals surface area contributed by atoms with Gasteiger partial charge < -0.3 is 15.8 Å². The van der Waals surface area contributed by atoms with Gasteiger partial charge in [-0.15, -0.1) is 0 Å². The minimum Gasteiger partial charge on any atom is -0.477 e. The molecule has 0 bridgehead atoms. The van der Waals surface area contributed by atoms with E-state index in [1.807, 2.05) is 6.07 Å². The Bertz CT molecular complexity index is 967. The van der Waals surface area contributed by atoms with E-state index in [4.69, 9.17) is 28.9 Å². The Morgan fingerprint density at radius 2 is 1.84 bits per heavy atom. The van der Waals surface area contributed by atoms with Gasteiger partial charge >= 0.3 is 5.97 Å². The SMILES string of the molecule is NC(=O)C(Cc1c(C(=O)O)[nH]c2cc(Cl)cc(Cl)c12)c1ccccc1. The minimum atomic E-state index is -1.14. The Labute approximate surface area is 153 Å². The second kappa shape index (κ2) is 6.78. The number of carbonyl (C=O) groups excluding carboxylic acids is 1. The number of carboxylic acid groups (broad SMARTS) is 1. The van der Waals surface area contributed by atoms with Gasteiger partial charge in [0.25, 0.3) is 0 Å². The fourth-order valence-corrected chi connectivity index (χ4v) is 3.58. The van der Waals surface area contributed by atoms with Crippen LogP contribution < -0.4 is 5.73 Å². The average molecular weight is 377 g/mol. The second-order valence-corrected chi connectivity index (χ2v) is 6.51. The van der Waals surface area contributed by atoms with Crippen LogP contribution in [0.5, 0.6) is 0 Å². The first-order chi connectivity index (χ1) is 11.9. The van der Waals surface area contributed by atoms with Crippen molar-refractivity contribution in [2.75, 3.05) is 0 Å². The molecule has 0 saturated heterocycles. The maximum absolute atomic E-state index is 12.0. The summed E-state index contributed by atoms with van der Waals surface area (Å²) in [6.45, 7) is 0. The molecule has 0 saturated carbocycles. The van der Waals surface area contributed by atoms with Crippen LogP contribution in [0.4, 0.5) is 0 Å². The number of fused-ring (bicyclic) bond motifs is 1. The standard InChI is InChI=1S/C18H14Cl2N2O3/c19-10-6-13(20)15-12(16(18(24)25)22-14(15)7-10)8-11(17(21)23)9-4-2-1-3-5-9/h1-7,11,22H,8H2,(H2,21,23)(H,24,25). The second-order valence-electron chi connectivity index (χ2n) is 5.66. The summed E-state index contributed by atoms with van der Waals surface area (Å²) < 4.78 is 0. The number of nitrogens with one attached hydrogen (secondary N) is 1. The third-order valence-corrected chi connectivity index (χ3v) is 4.60. The van der Waals surface area contributed by atoms with Crippen LogP contribution >= 0.6 is 23.2 Å². The highest BCUT2D eigenvalue weighted by Crippen LogP contribution is 2.35. The van der Waals surface area contributed by atoms with Gasteiger partial charge in [-0.2, -0.15) is 0 Å². The van der Waals surface area contributed by atoms with Gasteiger partial charge in [-0.05, 0) is 29.7 Å². The largest absolute Gasteiger partial charge is 0.477 e. The molecule has 0 fully saturated rings. The highest BCUT2D eigenvalue weighted by atomic mass is 35.5. The van der Waals surface area contributed by atoms with Crippen LogP contribution in [0.25, 0.3) is 10.9 Å². The van der Waals surface area contributed by atoms with Crippen molar-refractivity contribution in [2.24, 2.45) is 5.73 Å². The van der Waals surface area contributed by atoms with E-state index in [9.17, 15) is 14.7 Å². The zero-order valence-corrected chi connectivity index (χ0v) is 14.4. The van der Waals surface area contributed by atoms with Crippen molar-refractivity contribution in [1.82, 2.24) is 4.98 Å². The van der Waals surface area contributed by atoms with E-state index in [0.717, 1.165) is 0 Å². The molecule has 1 amide bonds. The molecule has 25 heavy (non-hydrogen) atoms. The summed E-state index contributed by atoms with van der Waals surface area (Å²) >= 11 is 12.3. The lowest BCUT2D eigenvalue weighted by Gasteiger charge is -2.14. The number of hydrogen-bond donors (Lipinski definition) is 3. The molecule has 1 atom stereocenters. The summed E-state index contributed by atoms with van der Waals surface area (Å²) in [5, 5.41) is 10.8. The van der Waals surface area contributed by atoms with Gasteiger partial charge in [-0.25, -0.2) is 4.79 Å². The van der Waals surface area contributed by atoms with E-state index >= 15 is 0 Å². The molecule has 1 aromatic heterocycles. The van der Waals surface area contributed by atoms with E-state index in [0.29, 0.717) is 32.1 Å². The molecule has 0 aliphatic rings. The summed E-state index contributed by atoms with van der Waals surface area (Å²) in [5.74, 6) is -2.36. The summed E-state index contributed by atoms with van der Waals surface area (Å²) in [5.41, 5.74) is 7.18. The molecule has 0 aliphatic heterocycles. The van der Waals surface area contributed by atoms with Gasteiger partial charge in [0.2, 0.25) is 5.91 Å². The predicted octanol–water partition coefficient (Wildman–Crippen LogP) is 3.98. The number of nitrogens with two attached hydrogens (primary N) is 1. The number of benzene rings is 2. The van der Waals surface area contributed by atoms with Crippen LogP contribution in [0.15, 0.2) is 42.5 Å². The van der Waals surface area contributed by atoms with Crippen LogP contribution in [0.1, 0.15) is 27.5 Å². The van der Waals surface area contributed by atoms with Crippen molar-refractivity contribution in [1.29, 1.82) is 0 Å². The topological polar surface area (TPSA) is 96.2 Å². The third kappa shape index (κ3) is 3.34. The number of H-pyrrole nitrogens is 1. The van der Waals surface area contributed by atoms with Gasteiger partial charge in [0.1, 0.15) is 5.69 Å². The molecule has 5 nitrogen and oxygen atoms in total. The fourth-order valence-electron chi connectivity index (χ4n) is 2.97. The number of primary amides is 1. The van der Waals surface area contributed by atoms with E-state index in [2.05, 4.69) is 4.98 Å². The fraction of sp³-hybridized carbons (Fsp3) is 0.111. The van der Waals surface area contributed by atoms with E-state index in [1.165, 1.54) is 6.07 Å². The Morgan fingerprint density at radius 3 is 2.44 bits per heavy atom. The number of aromatic carboxylic acids is 1. The molecule has 0 aliphatic carbocycles.